The van der Waals surface area contributed by atoms with Crippen LogP contribution < -0.4 is 9.62 Å². The summed E-state index contributed by atoms with van der Waals surface area (Å²) in [5.74, 6) is -0.143. The number of benzene rings is 2. The molecule has 0 unspecified atom stereocenters. The van der Waals surface area contributed by atoms with Crippen molar-refractivity contribution in [3.05, 3.63) is 59.2 Å². The van der Waals surface area contributed by atoms with Crippen molar-refractivity contribution in [1.29, 1.82) is 0 Å². The second-order valence-corrected chi connectivity index (χ2v) is 8.95. The number of anilines is 1. The summed E-state index contributed by atoms with van der Waals surface area (Å²) in [5, 5.41) is 2.86. The van der Waals surface area contributed by atoms with Crippen LogP contribution in [0.4, 0.5) is 5.69 Å². The summed E-state index contributed by atoms with van der Waals surface area (Å²) in [6.45, 7) is 7.62. The Morgan fingerprint density at radius 1 is 1.15 bits per heavy atom. The second-order valence-electron chi connectivity index (χ2n) is 7.14. The van der Waals surface area contributed by atoms with Crippen LogP contribution in [0.15, 0.2) is 47.4 Å². The number of hydrogen-bond acceptors (Lipinski definition) is 3. The molecule has 0 aliphatic carbocycles. The summed E-state index contributed by atoms with van der Waals surface area (Å²) < 4.78 is 27.7. The average Bonchev–Trinajstić information content (AvgIpc) is 2.90. The lowest BCUT2D eigenvalue weighted by Crippen LogP contribution is -2.35. The topological polar surface area (TPSA) is 66.5 Å². The Hall–Kier alpha value is -2.34. The van der Waals surface area contributed by atoms with Crippen LogP contribution >= 0.6 is 0 Å². The molecule has 0 saturated heterocycles. The van der Waals surface area contributed by atoms with Crippen LogP contribution in [0.5, 0.6) is 0 Å². The molecule has 138 valence electrons. The Bertz CT molecular complexity index is 934. The number of aryl methyl sites for hydroxylation is 1. The fourth-order valence-corrected chi connectivity index (χ4v) is 4.97. The van der Waals surface area contributed by atoms with Crippen molar-refractivity contribution in [3.63, 3.8) is 0 Å². The van der Waals surface area contributed by atoms with E-state index in [2.05, 4.69) is 5.32 Å². The zero-order valence-corrected chi connectivity index (χ0v) is 16.3. The van der Waals surface area contributed by atoms with Crippen molar-refractivity contribution >= 4 is 21.6 Å². The number of fused-ring (bicyclic) bond motifs is 1. The van der Waals surface area contributed by atoms with E-state index in [-0.39, 0.29) is 22.9 Å². The van der Waals surface area contributed by atoms with E-state index in [1.165, 1.54) is 4.31 Å². The molecule has 0 radical (unpaired) electrons. The second kappa shape index (κ2) is 6.76. The Morgan fingerprint density at radius 2 is 1.81 bits per heavy atom. The first-order chi connectivity index (χ1) is 12.2. The number of hydrogen-bond donors (Lipinski definition) is 1. The van der Waals surface area contributed by atoms with Crippen LogP contribution in [0.25, 0.3) is 0 Å². The van der Waals surface area contributed by atoms with Gasteiger partial charge in [-0.25, -0.2) is 8.42 Å². The lowest BCUT2D eigenvalue weighted by atomic mass is 10.1. The van der Waals surface area contributed by atoms with Gasteiger partial charge >= 0.3 is 0 Å². The van der Waals surface area contributed by atoms with Crippen LogP contribution in [-0.4, -0.2) is 26.4 Å². The normalized spacial score (nSPS) is 16.7. The monoisotopic (exact) mass is 372 g/mol. The van der Waals surface area contributed by atoms with Crippen molar-refractivity contribution in [2.45, 2.75) is 51.1 Å². The summed E-state index contributed by atoms with van der Waals surface area (Å²) in [6.07, 6.45) is 0.587. The van der Waals surface area contributed by atoms with Crippen LogP contribution in [0.3, 0.4) is 0 Å². The summed E-state index contributed by atoms with van der Waals surface area (Å²) in [7, 11) is -3.64. The number of amides is 1. The lowest BCUT2D eigenvalue weighted by Gasteiger charge is -2.24. The van der Waals surface area contributed by atoms with Gasteiger partial charge in [0.1, 0.15) is 0 Å². The van der Waals surface area contributed by atoms with Gasteiger partial charge in [0.25, 0.3) is 15.9 Å². The molecule has 5 nitrogen and oxygen atoms in total. The summed E-state index contributed by atoms with van der Waals surface area (Å²) >= 11 is 0. The number of carbonyl (C=O) groups excluding carboxylic acids is 1. The minimum Gasteiger partial charge on any atom is -0.350 e. The molecule has 26 heavy (non-hydrogen) atoms. The third kappa shape index (κ3) is 3.33. The van der Waals surface area contributed by atoms with E-state index >= 15 is 0 Å². The predicted octanol–water partition coefficient (Wildman–Crippen LogP) is 3.27. The molecule has 1 heterocycles. The Kier molecular flexibility index (Phi) is 4.80. The predicted molar refractivity (Wildman–Crippen MR) is 103 cm³/mol. The van der Waals surface area contributed by atoms with Gasteiger partial charge in [-0.2, -0.15) is 0 Å². The maximum absolute atomic E-state index is 13.1. The highest BCUT2D eigenvalue weighted by molar-refractivity contribution is 7.92. The SMILES string of the molecule is Cc1ccc(S(=O)(=O)N2c3ccc(C(=O)NC(C)C)cc3C[C@H]2C)cc1. The molecule has 0 spiro atoms. The van der Waals surface area contributed by atoms with Crippen molar-refractivity contribution in [2.24, 2.45) is 0 Å². The fraction of sp³-hybridized carbons (Fsp3) is 0.350. The molecular weight excluding hydrogens is 348 g/mol. The van der Waals surface area contributed by atoms with Crippen LogP contribution in [0.1, 0.15) is 42.3 Å². The summed E-state index contributed by atoms with van der Waals surface area (Å²) in [4.78, 5) is 12.5. The van der Waals surface area contributed by atoms with Crippen LogP contribution in [0.2, 0.25) is 0 Å². The molecule has 3 rings (SSSR count). The van der Waals surface area contributed by atoms with E-state index in [9.17, 15) is 13.2 Å². The highest BCUT2D eigenvalue weighted by Crippen LogP contribution is 2.37. The van der Waals surface area contributed by atoms with Gasteiger partial charge in [0.15, 0.2) is 0 Å². The molecule has 0 fully saturated rings. The number of sulfonamides is 1. The van der Waals surface area contributed by atoms with Gasteiger partial charge in [0.2, 0.25) is 0 Å². The van der Waals surface area contributed by atoms with Gasteiger partial charge in [0, 0.05) is 17.6 Å². The molecule has 1 atom stereocenters. The lowest BCUT2D eigenvalue weighted by molar-refractivity contribution is 0.0943. The molecule has 6 heteroatoms. The van der Waals surface area contributed by atoms with Crippen molar-refractivity contribution in [1.82, 2.24) is 5.32 Å². The van der Waals surface area contributed by atoms with Gasteiger partial charge < -0.3 is 5.32 Å². The molecule has 1 N–H and O–H groups in total. The third-order valence-electron chi connectivity index (χ3n) is 4.49. The molecule has 1 aliphatic rings. The first-order valence-electron chi connectivity index (χ1n) is 8.75. The minimum atomic E-state index is -3.64. The highest BCUT2D eigenvalue weighted by Gasteiger charge is 2.36. The Balaban J connectivity index is 1.98. The number of nitrogens with zero attached hydrogens (tertiary/aromatic N) is 1. The van der Waals surface area contributed by atoms with E-state index < -0.39 is 10.0 Å². The largest absolute Gasteiger partial charge is 0.350 e. The average molecular weight is 372 g/mol. The molecule has 0 aromatic heterocycles. The molecule has 0 bridgehead atoms. The minimum absolute atomic E-state index is 0.0492. The highest BCUT2D eigenvalue weighted by atomic mass is 32.2. The number of rotatable bonds is 4. The van der Waals surface area contributed by atoms with Gasteiger partial charge in [-0.05, 0) is 70.0 Å². The molecular formula is C20H24N2O3S. The van der Waals surface area contributed by atoms with Crippen molar-refractivity contribution < 1.29 is 13.2 Å². The van der Waals surface area contributed by atoms with Crippen molar-refractivity contribution in [2.75, 3.05) is 4.31 Å². The maximum atomic E-state index is 13.1. The molecule has 1 amide bonds. The molecule has 2 aromatic rings. The first-order valence-corrected chi connectivity index (χ1v) is 10.2. The standard InChI is InChI=1S/C20H24N2O3S/c1-13(2)21-20(23)16-7-10-19-17(12-16)11-15(4)22(19)26(24,25)18-8-5-14(3)6-9-18/h5-10,12-13,15H,11H2,1-4H3,(H,21,23)/t15-/m1/s1. The Labute approximate surface area is 155 Å². The molecule has 2 aromatic carbocycles. The summed E-state index contributed by atoms with van der Waals surface area (Å²) in [6, 6.07) is 12.0. The zero-order chi connectivity index (χ0) is 19.1. The fourth-order valence-electron chi connectivity index (χ4n) is 3.28. The number of carbonyl (C=O) groups is 1. The smallest absolute Gasteiger partial charge is 0.264 e. The molecule has 0 saturated carbocycles. The number of nitrogens with one attached hydrogen (secondary N) is 1. The Morgan fingerprint density at radius 3 is 2.42 bits per heavy atom. The van der Waals surface area contributed by atoms with E-state index in [1.807, 2.05) is 27.7 Å². The van der Waals surface area contributed by atoms with Crippen LogP contribution in [0, 0.1) is 6.92 Å². The van der Waals surface area contributed by atoms with E-state index in [1.54, 1.807) is 42.5 Å². The van der Waals surface area contributed by atoms with Gasteiger partial charge in [-0.3, -0.25) is 9.10 Å². The third-order valence-corrected chi connectivity index (χ3v) is 6.43. The van der Waals surface area contributed by atoms with Gasteiger partial charge in [0.05, 0.1) is 10.6 Å². The van der Waals surface area contributed by atoms with E-state index in [0.29, 0.717) is 17.7 Å². The van der Waals surface area contributed by atoms with Gasteiger partial charge in [-0.1, -0.05) is 17.7 Å². The first kappa shape index (κ1) is 18.5. The van der Waals surface area contributed by atoms with E-state index in [4.69, 9.17) is 0 Å². The van der Waals surface area contributed by atoms with Gasteiger partial charge in [-0.15, -0.1) is 0 Å². The molecule has 1 aliphatic heterocycles. The van der Waals surface area contributed by atoms with Crippen LogP contribution in [-0.2, 0) is 16.4 Å². The zero-order valence-electron chi connectivity index (χ0n) is 15.5. The maximum Gasteiger partial charge on any atom is 0.264 e. The van der Waals surface area contributed by atoms with E-state index in [0.717, 1.165) is 11.1 Å². The summed E-state index contributed by atoms with van der Waals surface area (Å²) in [5.41, 5.74) is 3.10. The van der Waals surface area contributed by atoms with Crippen molar-refractivity contribution in [3.8, 4) is 0 Å². The quantitative estimate of drug-likeness (QED) is 0.896.